The molecule has 5 heteroatoms. The van der Waals surface area contributed by atoms with Crippen molar-refractivity contribution in [2.24, 2.45) is 5.92 Å². The lowest BCUT2D eigenvalue weighted by molar-refractivity contribution is -0.141. The zero-order valence-electron chi connectivity index (χ0n) is 9.09. The largest absolute Gasteiger partial charge is 0.481 e. The van der Waals surface area contributed by atoms with Gasteiger partial charge in [-0.15, -0.1) is 0 Å². The van der Waals surface area contributed by atoms with Crippen LogP contribution in [0.4, 0.5) is 0 Å². The molecule has 0 bridgehead atoms. The van der Waals surface area contributed by atoms with Crippen LogP contribution in [0.2, 0.25) is 0 Å². The number of nitrogens with zero attached hydrogens (tertiary/aromatic N) is 2. The summed E-state index contributed by atoms with van der Waals surface area (Å²) in [5.74, 6) is -0.626. The highest BCUT2D eigenvalue weighted by molar-refractivity contribution is 5.69. The van der Waals surface area contributed by atoms with Gasteiger partial charge in [0.1, 0.15) is 5.76 Å². The number of rotatable bonds is 6. The van der Waals surface area contributed by atoms with Crippen molar-refractivity contribution in [2.75, 3.05) is 13.1 Å². The summed E-state index contributed by atoms with van der Waals surface area (Å²) in [5, 5.41) is 17.4. The predicted molar refractivity (Wildman–Crippen MR) is 56.4 cm³/mol. The minimum absolute atomic E-state index is 0.193. The minimum atomic E-state index is -0.859. The molecule has 1 N–H and O–H groups in total. The van der Waals surface area contributed by atoms with Gasteiger partial charge in [0.15, 0.2) is 0 Å². The van der Waals surface area contributed by atoms with Crippen molar-refractivity contribution in [2.45, 2.75) is 13.5 Å². The van der Waals surface area contributed by atoms with E-state index in [0.717, 1.165) is 5.76 Å². The Hall–Kier alpha value is -1.80. The van der Waals surface area contributed by atoms with Crippen molar-refractivity contribution in [3.8, 4) is 6.07 Å². The Bertz CT molecular complexity index is 367. The Kier molecular flexibility index (Phi) is 4.55. The summed E-state index contributed by atoms with van der Waals surface area (Å²) in [7, 11) is 0. The van der Waals surface area contributed by atoms with Crippen LogP contribution >= 0.6 is 0 Å². The van der Waals surface area contributed by atoms with Crippen molar-refractivity contribution in [1.29, 1.82) is 5.26 Å². The Morgan fingerprint density at radius 2 is 2.50 bits per heavy atom. The van der Waals surface area contributed by atoms with Crippen LogP contribution in [0.5, 0.6) is 0 Å². The predicted octanol–water partition coefficient (Wildman–Crippen LogP) is 1.33. The second kappa shape index (κ2) is 5.93. The molecule has 1 rings (SSSR count). The highest BCUT2D eigenvalue weighted by Crippen LogP contribution is 2.08. The van der Waals surface area contributed by atoms with Crippen LogP contribution in [0.3, 0.4) is 0 Å². The maximum Gasteiger partial charge on any atom is 0.307 e. The minimum Gasteiger partial charge on any atom is -0.481 e. The smallest absolute Gasteiger partial charge is 0.307 e. The first-order valence-electron chi connectivity index (χ1n) is 4.98. The van der Waals surface area contributed by atoms with Crippen LogP contribution < -0.4 is 0 Å². The van der Waals surface area contributed by atoms with Crippen LogP contribution in [0.15, 0.2) is 22.8 Å². The third-order valence-electron chi connectivity index (χ3n) is 2.21. The van der Waals surface area contributed by atoms with Gasteiger partial charge in [0.05, 0.1) is 31.3 Å². The zero-order valence-corrected chi connectivity index (χ0v) is 9.09. The topological polar surface area (TPSA) is 77.5 Å². The van der Waals surface area contributed by atoms with Gasteiger partial charge in [0.25, 0.3) is 0 Å². The molecule has 1 aromatic rings. The fourth-order valence-corrected chi connectivity index (χ4v) is 1.37. The monoisotopic (exact) mass is 222 g/mol. The van der Waals surface area contributed by atoms with E-state index in [9.17, 15) is 4.79 Å². The maximum absolute atomic E-state index is 10.7. The van der Waals surface area contributed by atoms with Gasteiger partial charge >= 0.3 is 5.97 Å². The van der Waals surface area contributed by atoms with Gasteiger partial charge in [0, 0.05) is 6.54 Å². The highest BCUT2D eigenvalue weighted by Gasteiger charge is 2.16. The van der Waals surface area contributed by atoms with Crippen LogP contribution in [0.25, 0.3) is 0 Å². The molecule has 0 aliphatic rings. The normalized spacial score (nSPS) is 12.3. The van der Waals surface area contributed by atoms with Gasteiger partial charge in [-0.2, -0.15) is 5.26 Å². The summed E-state index contributed by atoms with van der Waals surface area (Å²) in [6.07, 6.45) is 1.56. The molecule has 0 amide bonds. The fraction of sp³-hybridized carbons (Fsp3) is 0.455. The van der Waals surface area contributed by atoms with Crippen LogP contribution in [-0.2, 0) is 11.3 Å². The highest BCUT2D eigenvalue weighted by atomic mass is 16.4. The summed E-state index contributed by atoms with van der Waals surface area (Å²) >= 11 is 0. The zero-order chi connectivity index (χ0) is 12.0. The molecule has 5 nitrogen and oxygen atoms in total. The first kappa shape index (κ1) is 12.3. The van der Waals surface area contributed by atoms with Crippen LogP contribution in [-0.4, -0.2) is 29.1 Å². The Balaban J connectivity index is 2.54. The van der Waals surface area contributed by atoms with E-state index in [1.54, 1.807) is 30.2 Å². The molecule has 0 spiro atoms. The van der Waals surface area contributed by atoms with E-state index >= 15 is 0 Å². The number of carboxylic acid groups (broad SMARTS) is 1. The van der Waals surface area contributed by atoms with E-state index in [1.165, 1.54) is 0 Å². The molecule has 0 radical (unpaired) electrons. The van der Waals surface area contributed by atoms with Crippen molar-refractivity contribution >= 4 is 5.97 Å². The fourth-order valence-electron chi connectivity index (χ4n) is 1.37. The lowest BCUT2D eigenvalue weighted by Crippen LogP contribution is -2.31. The second-order valence-electron chi connectivity index (χ2n) is 3.65. The third kappa shape index (κ3) is 3.75. The lowest BCUT2D eigenvalue weighted by atomic mass is 10.1. The number of aliphatic carboxylic acids is 1. The van der Waals surface area contributed by atoms with Gasteiger partial charge < -0.3 is 9.52 Å². The van der Waals surface area contributed by atoms with Gasteiger partial charge in [-0.05, 0) is 12.1 Å². The molecular weight excluding hydrogens is 208 g/mol. The van der Waals surface area contributed by atoms with Crippen LogP contribution in [0.1, 0.15) is 12.7 Å². The number of carboxylic acids is 1. The first-order chi connectivity index (χ1) is 7.63. The maximum atomic E-state index is 10.7. The first-order valence-corrected chi connectivity index (χ1v) is 4.98. The second-order valence-corrected chi connectivity index (χ2v) is 3.65. The van der Waals surface area contributed by atoms with E-state index in [2.05, 4.69) is 0 Å². The average Bonchev–Trinajstić information content (AvgIpc) is 2.70. The molecule has 0 aliphatic heterocycles. The third-order valence-corrected chi connectivity index (χ3v) is 2.21. The summed E-state index contributed by atoms with van der Waals surface area (Å²) in [4.78, 5) is 12.5. The van der Waals surface area contributed by atoms with Crippen molar-refractivity contribution in [3.05, 3.63) is 24.2 Å². The Morgan fingerprint density at radius 3 is 3.00 bits per heavy atom. The molecule has 0 saturated heterocycles. The van der Waals surface area contributed by atoms with Gasteiger partial charge in [-0.1, -0.05) is 6.92 Å². The number of hydrogen-bond donors (Lipinski definition) is 1. The molecule has 1 heterocycles. The molecular formula is C11H14N2O3. The molecule has 0 aromatic carbocycles. The summed E-state index contributed by atoms with van der Waals surface area (Å²) in [6, 6.07) is 5.58. The number of carbonyl (C=O) groups is 1. The standard InChI is InChI=1S/C11H14N2O3/c1-9(11(14)15)7-13(5-4-12)8-10-3-2-6-16-10/h2-3,6,9H,5,7-8H2,1H3,(H,14,15). The Morgan fingerprint density at radius 1 is 1.75 bits per heavy atom. The quantitative estimate of drug-likeness (QED) is 0.734. The SMILES string of the molecule is CC(CN(CC#N)Cc1ccco1)C(=O)O. The molecule has 1 unspecified atom stereocenters. The van der Waals surface area contributed by atoms with Crippen molar-refractivity contribution in [3.63, 3.8) is 0 Å². The van der Waals surface area contributed by atoms with E-state index in [0.29, 0.717) is 13.1 Å². The lowest BCUT2D eigenvalue weighted by Gasteiger charge is -2.19. The Labute approximate surface area is 93.9 Å². The average molecular weight is 222 g/mol. The number of nitriles is 1. The molecule has 86 valence electrons. The molecule has 16 heavy (non-hydrogen) atoms. The van der Waals surface area contributed by atoms with E-state index in [-0.39, 0.29) is 6.54 Å². The van der Waals surface area contributed by atoms with E-state index in [1.807, 2.05) is 6.07 Å². The number of furan rings is 1. The summed E-state index contributed by atoms with van der Waals surface area (Å²) < 4.78 is 5.15. The van der Waals surface area contributed by atoms with Gasteiger partial charge in [-0.25, -0.2) is 0 Å². The summed E-state index contributed by atoms with van der Waals surface area (Å²) in [6.45, 7) is 2.61. The molecule has 0 saturated carbocycles. The molecule has 0 aliphatic carbocycles. The van der Waals surface area contributed by atoms with Crippen molar-refractivity contribution in [1.82, 2.24) is 4.90 Å². The van der Waals surface area contributed by atoms with E-state index < -0.39 is 11.9 Å². The molecule has 1 aromatic heterocycles. The number of hydrogen-bond acceptors (Lipinski definition) is 4. The van der Waals surface area contributed by atoms with E-state index in [4.69, 9.17) is 14.8 Å². The van der Waals surface area contributed by atoms with Crippen LogP contribution in [0, 0.1) is 17.2 Å². The summed E-state index contributed by atoms with van der Waals surface area (Å²) in [5.41, 5.74) is 0. The molecule has 0 fully saturated rings. The van der Waals surface area contributed by atoms with Gasteiger partial charge in [0.2, 0.25) is 0 Å². The van der Waals surface area contributed by atoms with Gasteiger partial charge in [-0.3, -0.25) is 9.69 Å². The molecule has 1 atom stereocenters. The van der Waals surface area contributed by atoms with Crippen molar-refractivity contribution < 1.29 is 14.3 Å².